The fourth-order valence-corrected chi connectivity index (χ4v) is 0. The summed E-state index contributed by atoms with van der Waals surface area (Å²) in [7, 11) is 0. The third-order valence-electron chi connectivity index (χ3n) is 0. The van der Waals surface area contributed by atoms with Crippen LogP contribution < -0.4 is 0 Å². The summed E-state index contributed by atoms with van der Waals surface area (Å²) in [5.41, 5.74) is 0. The van der Waals surface area contributed by atoms with Gasteiger partial charge in [-0.05, 0) is 0 Å². The van der Waals surface area contributed by atoms with Gasteiger partial charge in [0, 0.05) is 67.1 Å². The molecule has 76 valence electrons. The molecule has 0 saturated carbocycles. The van der Waals surface area contributed by atoms with Crippen molar-refractivity contribution < 1.29 is 21.1 Å². The second-order valence-corrected chi connectivity index (χ2v) is 0. The van der Waals surface area contributed by atoms with Crippen molar-refractivity contribution in [3.05, 3.63) is 0 Å². The predicted octanol–water partition coefficient (Wildman–Crippen LogP) is 0.976. The molecule has 0 radical (unpaired) electrons. The van der Waals surface area contributed by atoms with E-state index in [0.29, 0.717) is 0 Å². The molecular weight excluding hydrogens is 278 g/mol. The van der Waals surface area contributed by atoms with Gasteiger partial charge in [0.15, 0.2) is 0 Å². The molecule has 0 atom stereocenters. The van der Waals surface area contributed by atoms with E-state index in [1.807, 2.05) is 0 Å². The fourth-order valence-electron chi connectivity index (χ4n) is 0. The number of nitrogens with zero attached hydrogens (tertiary/aromatic N) is 7. The largest absolute Gasteiger partial charge is 0.202 e. The molecule has 0 aliphatic heterocycles. The quantitative estimate of drug-likeness (QED) is 0.597. The van der Waals surface area contributed by atoms with Crippen molar-refractivity contribution in [2.24, 2.45) is 0 Å². The summed E-state index contributed by atoms with van der Waals surface area (Å²) in [4.78, 5) is 0. The van der Waals surface area contributed by atoms with Crippen molar-refractivity contribution in [3.63, 3.8) is 0 Å². The van der Waals surface area contributed by atoms with E-state index in [4.69, 9.17) is 36.8 Å². The van der Waals surface area contributed by atoms with Crippen LogP contribution in [0.25, 0.3) is 0 Å². The van der Waals surface area contributed by atoms with E-state index >= 15 is 0 Å². The first-order chi connectivity index (χ1) is 7.00. The van der Waals surface area contributed by atoms with Crippen molar-refractivity contribution in [3.8, 4) is 46.0 Å². The van der Waals surface area contributed by atoms with Gasteiger partial charge in [0.05, 0.1) is 0 Å². The van der Waals surface area contributed by atoms with Crippen LogP contribution >= 0.6 is 0 Å². The Morgan fingerprint density at radius 2 is 0.267 bits per heavy atom. The average Bonchev–Trinajstić information content (AvgIpc) is 2.45. The molecule has 0 aromatic carbocycles. The minimum absolute atomic E-state index is 0. The molecule has 0 fully saturated rings. The monoisotopic (exact) mass is 287 g/mol. The number of hydrogen-bond acceptors (Lipinski definition) is 7. The summed E-state index contributed by atoms with van der Waals surface area (Å²) in [6.07, 6.45) is 0. The molecule has 0 aromatic heterocycles. The molecule has 0 amide bonds. The summed E-state index contributed by atoms with van der Waals surface area (Å²) in [5, 5.41) is 45.5. The third kappa shape index (κ3) is 111. The van der Waals surface area contributed by atoms with Crippen molar-refractivity contribution in [2.75, 3.05) is 0 Å². The standard InChI is InChI=1S/7CHN.Mo/c7*1-2;/h7*1H;. The molecule has 0 aromatic rings. The van der Waals surface area contributed by atoms with Crippen molar-refractivity contribution in [2.45, 2.75) is 0 Å². The Balaban J connectivity index is -0.00000000628. The van der Waals surface area contributed by atoms with Crippen LogP contribution in [0.3, 0.4) is 0 Å². The molecule has 0 N–H and O–H groups in total. The molecule has 0 aliphatic carbocycles. The van der Waals surface area contributed by atoms with Crippen molar-refractivity contribution >= 4 is 0 Å². The maximum Gasteiger partial charge on any atom is 0.0462 e. The minimum atomic E-state index is 0. The summed E-state index contributed by atoms with van der Waals surface area (Å²) >= 11 is 0. The molecule has 0 saturated heterocycles. The Morgan fingerprint density at radius 3 is 0.267 bits per heavy atom. The summed E-state index contributed by atoms with van der Waals surface area (Å²) in [6.45, 7) is 24.5. The number of rotatable bonds is 0. The maximum absolute atomic E-state index is 6.50. The van der Waals surface area contributed by atoms with Gasteiger partial charge in [-0.25, -0.2) is 36.8 Å². The van der Waals surface area contributed by atoms with Gasteiger partial charge in [0.2, 0.25) is 0 Å². The second kappa shape index (κ2) is 137. The van der Waals surface area contributed by atoms with Crippen LogP contribution in [0.5, 0.6) is 0 Å². The normalized spacial score (nSPS) is 0.933. The predicted molar refractivity (Wildman–Crippen MR) is 46.7 cm³/mol. The smallest absolute Gasteiger partial charge is 0.0462 e. The Bertz CT molecular complexity index is 112. The molecule has 0 bridgehead atoms. The van der Waals surface area contributed by atoms with Crippen LogP contribution in [-0.2, 0) is 21.1 Å². The Hall–Kier alpha value is -2.88. The molecule has 0 spiro atoms. The van der Waals surface area contributed by atoms with Crippen molar-refractivity contribution in [1.82, 2.24) is 0 Å². The first-order valence-electron chi connectivity index (χ1n) is 1.81. The van der Waals surface area contributed by atoms with E-state index in [-0.39, 0.29) is 21.1 Å². The molecule has 15 heavy (non-hydrogen) atoms. The van der Waals surface area contributed by atoms with Gasteiger partial charge >= 0.3 is 0 Å². The van der Waals surface area contributed by atoms with Gasteiger partial charge in [-0.1, -0.05) is 0 Å². The van der Waals surface area contributed by atoms with Crippen molar-refractivity contribution in [1.29, 1.82) is 36.8 Å². The third-order valence-corrected chi connectivity index (χ3v) is 0. The van der Waals surface area contributed by atoms with Gasteiger partial charge in [-0.15, -0.1) is 0 Å². The summed E-state index contributed by atoms with van der Waals surface area (Å²) in [5.74, 6) is 0. The summed E-state index contributed by atoms with van der Waals surface area (Å²) in [6, 6.07) is 0. The molecular formula is C7H7MoN7. The molecule has 8 heteroatoms. The van der Waals surface area contributed by atoms with Gasteiger partial charge in [-0.2, -0.15) is 0 Å². The SMILES string of the molecule is C#N.C#N.C#N.C#N.C#N.C#N.C#N.[Mo]. The van der Waals surface area contributed by atoms with E-state index in [2.05, 4.69) is 46.0 Å². The molecule has 0 unspecified atom stereocenters. The van der Waals surface area contributed by atoms with Gasteiger partial charge in [0.25, 0.3) is 0 Å². The minimum Gasteiger partial charge on any atom is -0.202 e. The van der Waals surface area contributed by atoms with E-state index in [1.165, 1.54) is 0 Å². The van der Waals surface area contributed by atoms with Crippen LogP contribution in [0.2, 0.25) is 0 Å². The first-order valence-corrected chi connectivity index (χ1v) is 1.81. The van der Waals surface area contributed by atoms with Crippen LogP contribution in [-0.4, -0.2) is 0 Å². The van der Waals surface area contributed by atoms with E-state index in [1.54, 1.807) is 0 Å². The Labute approximate surface area is 104 Å². The van der Waals surface area contributed by atoms with E-state index in [9.17, 15) is 0 Å². The van der Waals surface area contributed by atoms with Crippen LogP contribution in [0.1, 0.15) is 0 Å². The second-order valence-electron chi connectivity index (χ2n) is 0. The van der Waals surface area contributed by atoms with Gasteiger partial charge in [0.1, 0.15) is 0 Å². The van der Waals surface area contributed by atoms with E-state index in [0.717, 1.165) is 0 Å². The maximum atomic E-state index is 6.50. The van der Waals surface area contributed by atoms with Crippen LogP contribution in [0.4, 0.5) is 0 Å². The van der Waals surface area contributed by atoms with Gasteiger partial charge < -0.3 is 0 Å². The van der Waals surface area contributed by atoms with Gasteiger partial charge in [-0.3, -0.25) is 0 Å². The first kappa shape index (κ1) is 88.3. The molecule has 0 aliphatic rings. The fraction of sp³-hybridized carbons (Fsp3) is 0. The topological polar surface area (TPSA) is 167 Å². The molecule has 7 nitrogen and oxygen atoms in total. The Kier molecular flexibility index (Phi) is 807. The molecule has 0 rings (SSSR count). The van der Waals surface area contributed by atoms with Crippen LogP contribution in [0.15, 0.2) is 0 Å². The zero-order valence-corrected chi connectivity index (χ0v) is 9.59. The Morgan fingerprint density at radius 1 is 0.267 bits per heavy atom. The zero-order valence-electron chi connectivity index (χ0n) is 7.58. The molecule has 0 heterocycles. The number of nitriles is 7. The summed E-state index contributed by atoms with van der Waals surface area (Å²) < 4.78 is 0. The number of hydrogen-bond donors (Lipinski definition) is 0. The average molecular weight is 285 g/mol. The zero-order chi connectivity index (χ0) is 14.0. The van der Waals surface area contributed by atoms with E-state index < -0.39 is 0 Å². The van der Waals surface area contributed by atoms with Crippen LogP contribution in [0, 0.1) is 82.8 Å².